The fourth-order valence-corrected chi connectivity index (χ4v) is 2.32. The molecule has 0 bridgehead atoms. The molecule has 5 nitrogen and oxygen atoms in total. The quantitative estimate of drug-likeness (QED) is 0.772. The van der Waals surface area contributed by atoms with Gasteiger partial charge in [-0.3, -0.25) is 4.79 Å². The molecule has 2 heterocycles. The Labute approximate surface area is 116 Å². The zero-order chi connectivity index (χ0) is 14.3. The van der Waals surface area contributed by atoms with Crippen LogP contribution in [0, 0.1) is 13.8 Å². The number of nitrogens with two attached hydrogens (primary N) is 1. The van der Waals surface area contributed by atoms with Crippen LogP contribution in [0.3, 0.4) is 0 Å². The molecule has 0 atom stereocenters. The molecule has 0 aliphatic carbocycles. The average Bonchev–Trinajstić information content (AvgIpc) is 2.82. The van der Waals surface area contributed by atoms with Gasteiger partial charge in [-0.2, -0.15) is 0 Å². The van der Waals surface area contributed by atoms with Crippen molar-refractivity contribution < 1.29 is 4.79 Å². The third-order valence-electron chi connectivity index (χ3n) is 3.26. The summed E-state index contributed by atoms with van der Waals surface area (Å²) in [5, 5.41) is 1.00. The number of primary amides is 1. The number of nitrogens with zero attached hydrogens (tertiary/aromatic N) is 3. The van der Waals surface area contributed by atoms with Crippen LogP contribution in [-0.2, 0) is 0 Å². The summed E-state index contributed by atoms with van der Waals surface area (Å²) >= 11 is 0. The monoisotopic (exact) mass is 266 g/mol. The normalized spacial score (nSPS) is 10.9. The van der Waals surface area contributed by atoms with Crippen molar-refractivity contribution in [3.8, 4) is 5.69 Å². The Morgan fingerprint density at radius 3 is 2.75 bits per heavy atom. The standard InChI is InChI=1S/C15H14N4O/c1-9-13-6-7-19(15(13)18-10(2)17-9)12-5-3-4-11(8-12)14(16)20/h3-8H,1-2H3,(H2,16,20). The smallest absolute Gasteiger partial charge is 0.248 e. The lowest BCUT2D eigenvalue weighted by Gasteiger charge is -2.07. The van der Waals surface area contributed by atoms with Gasteiger partial charge >= 0.3 is 0 Å². The van der Waals surface area contributed by atoms with Gasteiger partial charge in [-0.1, -0.05) is 6.07 Å². The minimum Gasteiger partial charge on any atom is -0.366 e. The second kappa shape index (κ2) is 4.45. The SMILES string of the molecule is Cc1nc(C)c2ccn(-c3cccc(C(N)=O)c3)c2n1. The van der Waals surface area contributed by atoms with E-state index in [1.165, 1.54) is 0 Å². The van der Waals surface area contributed by atoms with Crippen LogP contribution < -0.4 is 5.73 Å². The van der Waals surface area contributed by atoms with Crippen LogP contribution in [0.1, 0.15) is 21.9 Å². The fourth-order valence-electron chi connectivity index (χ4n) is 2.32. The number of hydrogen-bond acceptors (Lipinski definition) is 3. The third-order valence-corrected chi connectivity index (χ3v) is 3.26. The van der Waals surface area contributed by atoms with E-state index in [1.54, 1.807) is 12.1 Å². The summed E-state index contributed by atoms with van der Waals surface area (Å²) in [6, 6.07) is 9.15. The molecule has 0 unspecified atom stereocenters. The predicted molar refractivity (Wildman–Crippen MR) is 76.9 cm³/mol. The molecule has 3 aromatic rings. The molecule has 0 aliphatic rings. The summed E-state index contributed by atoms with van der Waals surface area (Å²) < 4.78 is 1.93. The topological polar surface area (TPSA) is 73.8 Å². The first-order chi connectivity index (χ1) is 9.56. The van der Waals surface area contributed by atoms with E-state index >= 15 is 0 Å². The van der Waals surface area contributed by atoms with E-state index in [-0.39, 0.29) is 0 Å². The number of rotatable bonds is 2. The van der Waals surface area contributed by atoms with Crippen molar-refractivity contribution in [3.63, 3.8) is 0 Å². The van der Waals surface area contributed by atoms with E-state index in [4.69, 9.17) is 5.73 Å². The first-order valence-corrected chi connectivity index (χ1v) is 6.29. The molecular formula is C15H14N4O. The number of aryl methyl sites for hydroxylation is 2. The lowest BCUT2D eigenvalue weighted by Crippen LogP contribution is -2.11. The van der Waals surface area contributed by atoms with Crippen molar-refractivity contribution in [1.29, 1.82) is 0 Å². The Hall–Kier alpha value is -2.69. The van der Waals surface area contributed by atoms with E-state index in [0.717, 1.165) is 28.2 Å². The molecule has 0 saturated heterocycles. The average molecular weight is 266 g/mol. The summed E-state index contributed by atoms with van der Waals surface area (Å²) in [7, 11) is 0. The van der Waals surface area contributed by atoms with Crippen LogP contribution in [0.5, 0.6) is 0 Å². The first kappa shape index (κ1) is 12.3. The molecule has 2 aromatic heterocycles. The summed E-state index contributed by atoms with van der Waals surface area (Å²) in [4.78, 5) is 20.1. The predicted octanol–water partition coefficient (Wildman–Crippen LogP) is 2.14. The number of fused-ring (bicyclic) bond motifs is 1. The van der Waals surface area contributed by atoms with Crippen molar-refractivity contribution in [3.05, 3.63) is 53.6 Å². The maximum absolute atomic E-state index is 11.3. The molecule has 3 rings (SSSR count). The Bertz CT molecular complexity index is 820. The number of carbonyl (C=O) groups is 1. The Morgan fingerprint density at radius 2 is 2.00 bits per heavy atom. The lowest BCUT2D eigenvalue weighted by molar-refractivity contribution is 0.100. The van der Waals surface area contributed by atoms with Crippen molar-refractivity contribution in [1.82, 2.24) is 14.5 Å². The summed E-state index contributed by atoms with van der Waals surface area (Å²) in [5.74, 6) is 0.284. The highest BCUT2D eigenvalue weighted by atomic mass is 16.1. The number of aromatic nitrogens is 3. The Morgan fingerprint density at radius 1 is 1.20 bits per heavy atom. The Balaban J connectivity index is 2.25. The Kier molecular flexibility index (Phi) is 2.75. The molecule has 20 heavy (non-hydrogen) atoms. The minimum absolute atomic E-state index is 0.440. The van der Waals surface area contributed by atoms with Gasteiger partial charge in [0.15, 0.2) is 0 Å². The molecule has 100 valence electrons. The molecule has 1 aromatic carbocycles. The van der Waals surface area contributed by atoms with Gasteiger partial charge in [0.2, 0.25) is 5.91 Å². The van der Waals surface area contributed by atoms with Gasteiger partial charge < -0.3 is 10.3 Å². The van der Waals surface area contributed by atoms with E-state index in [9.17, 15) is 4.79 Å². The number of amides is 1. The van der Waals surface area contributed by atoms with Crippen LogP contribution in [0.25, 0.3) is 16.7 Å². The van der Waals surface area contributed by atoms with Gasteiger partial charge in [-0.25, -0.2) is 9.97 Å². The summed E-state index contributed by atoms with van der Waals surface area (Å²) in [6.45, 7) is 3.82. The molecule has 0 fully saturated rings. The minimum atomic E-state index is -0.440. The van der Waals surface area contributed by atoms with Gasteiger partial charge in [0.1, 0.15) is 11.5 Å². The molecule has 0 spiro atoms. The molecule has 2 N–H and O–H groups in total. The van der Waals surface area contributed by atoms with E-state index in [0.29, 0.717) is 5.56 Å². The van der Waals surface area contributed by atoms with Gasteiger partial charge in [0, 0.05) is 22.8 Å². The molecule has 1 amide bonds. The van der Waals surface area contributed by atoms with Crippen LogP contribution in [0.15, 0.2) is 36.5 Å². The van der Waals surface area contributed by atoms with Crippen LogP contribution in [-0.4, -0.2) is 20.4 Å². The number of benzene rings is 1. The molecule has 0 radical (unpaired) electrons. The second-order valence-corrected chi connectivity index (χ2v) is 4.69. The van der Waals surface area contributed by atoms with Crippen LogP contribution in [0.2, 0.25) is 0 Å². The summed E-state index contributed by atoms with van der Waals surface area (Å²) in [6.07, 6.45) is 1.92. The van der Waals surface area contributed by atoms with E-state index < -0.39 is 5.91 Å². The molecule has 5 heteroatoms. The first-order valence-electron chi connectivity index (χ1n) is 6.29. The van der Waals surface area contributed by atoms with Crippen LogP contribution in [0.4, 0.5) is 0 Å². The van der Waals surface area contributed by atoms with Gasteiger partial charge in [0.25, 0.3) is 0 Å². The lowest BCUT2D eigenvalue weighted by atomic mass is 10.2. The third kappa shape index (κ3) is 1.93. The van der Waals surface area contributed by atoms with Crippen molar-refractivity contribution in [2.24, 2.45) is 5.73 Å². The van der Waals surface area contributed by atoms with Crippen molar-refractivity contribution >= 4 is 16.9 Å². The fraction of sp³-hybridized carbons (Fsp3) is 0.133. The van der Waals surface area contributed by atoms with E-state index in [2.05, 4.69) is 9.97 Å². The highest BCUT2D eigenvalue weighted by Crippen LogP contribution is 2.21. The van der Waals surface area contributed by atoms with Gasteiger partial charge in [-0.05, 0) is 38.1 Å². The van der Waals surface area contributed by atoms with Gasteiger partial charge in [0.05, 0.1) is 5.69 Å². The van der Waals surface area contributed by atoms with E-state index in [1.807, 2.05) is 42.8 Å². The van der Waals surface area contributed by atoms with Crippen molar-refractivity contribution in [2.75, 3.05) is 0 Å². The second-order valence-electron chi connectivity index (χ2n) is 4.69. The van der Waals surface area contributed by atoms with Gasteiger partial charge in [-0.15, -0.1) is 0 Å². The summed E-state index contributed by atoms with van der Waals surface area (Å²) in [5.41, 5.74) is 8.43. The van der Waals surface area contributed by atoms with Crippen LogP contribution >= 0.6 is 0 Å². The number of hydrogen-bond donors (Lipinski definition) is 1. The highest BCUT2D eigenvalue weighted by molar-refractivity contribution is 5.93. The number of carbonyl (C=O) groups excluding carboxylic acids is 1. The van der Waals surface area contributed by atoms with Crippen molar-refractivity contribution in [2.45, 2.75) is 13.8 Å². The largest absolute Gasteiger partial charge is 0.366 e. The zero-order valence-electron chi connectivity index (χ0n) is 11.3. The maximum Gasteiger partial charge on any atom is 0.248 e. The molecular weight excluding hydrogens is 252 g/mol. The molecule has 0 saturated carbocycles. The molecule has 0 aliphatic heterocycles. The highest BCUT2D eigenvalue weighted by Gasteiger charge is 2.10. The maximum atomic E-state index is 11.3. The zero-order valence-corrected chi connectivity index (χ0v) is 11.3.